The number of thioether (sulfide) groups is 1. The molecule has 1 aliphatic rings. The lowest BCUT2D eigenvalue weighted by Crippen LogP contribution is -2.36. The predicted octanol–water partition coefficient (Wildman–Crippen LogP) is 3.11. The fourth-order valence-corrected chi connectivity index (χ4v) is 3.62. The quantitative estimate of drug-likeness (QED) is 0.829. The Bertz CT molecular complexity index is 367. The molecule has 100 valence electrons. The normalized spacial score (nSPS) is 21.1. The number of benzene rings is 1. The van der Waals surface area contributed by atoms with Gasteiger partial charge in [0, 0.05) is 17.5 Å². The second-order valence-electron chi connectivity index (χ2n) is 5.12. The van der Waals surface area contributed by atoms with Crippen LogP contribution in [0.2, 0.25) is 0 Å². The zero-order valence-electron chi connectivity index (χ0n) is 11.3. The summed E-state index contributed by atoms with van der Waals surface area (Å²) < 4.78 is 0. The van der Waals surface area contributed by atoms with E-state index in [0.717, 1.165) is 6.04 Å². The van der Waals surface area contributed by atoms with Crippen molar-refractivity contribution in [2.24, 2.45) is 5.73 Å². The molecule has 1 heterocycles. The van der Waals surface area contributed by atoms with E-state index < -0.39 is 0 Å². The second-order valence-corrected chi connectivity index (χ2v) is 6.29. The van der Waals surface area contributed by atoms with Crippen molar-refractivity contribution in [3.8, 4) is 0 Å². The van der Waals surface area contributed by atoms with Crippen molar-refractivity contribution in [2.45, 2.75) is 43.2 Å². The lowest BCUT2D eigenvalue weighted by Gasteiger charge is -2.32. The van der Waals surface area contributed by atoms with Gasteiger partial charge in [-0.25, -0.2) is 0 Å². The van der Waals surface area contributed by atoms with Crippen LogP contribution in [0.3, 0.4) is 0 Å². The number of likely N-dealkylation sites (tertiary alicyclic amines) is 1. The Balaban J connectivity index is 1.77. The maximum absolute atomic E-state index is 5.67. The van der Waals surface area contributed by atoms with Gasteiger partial charge in [-0.2, -0.15) is 0 Å². The third kappa shape index (κ3) is 4.01. The number of piperidine rings is 1. The molecule has 1 aromatic rings. The van der Waals surface area contributed by atoms with E-state index in [1.807, 2.05) is 11.8 Å². The Labute approximate surface area is 115 Å². The monoisotopic (exact) mass is 264 g/mol. The number of nitrogens with zero attached hydrogens (tertiary/aromatic N) is 1. The predicted molar refractivity (Wildman–Crippen MR) is 79.9 cm³/mol. The molecule has 2 rings (SSSR count). The first kappa shape index (κ1) is 13.9. The van der Waals surface area contributed by atoms with Crippen LogP contribution in [-0.2, 0) is 6.54 Å². The Kier molecular flexibility index (Phi) is 5.54. The van der Waals surface area contributed by atoms with E-state index in [9.17, 15) is 0 Å². The van der Waals surface area contributed by atoms with Crippen LogP contribution in [0.4, 0.5) is 0 Å². The molecule has 1 unspecified atom stereocenters. The second kappa shape index (κ2) is 7.17. The van der Waals surface area contributed by atoms with Crippen LogP contribution in [0.25, 0.3) is 0 Å². The maximum atomic E-state index is 5.67. The van der Waals surface area contributed by atoms with Crippen LogP contribution in [0.1, 0.15) is 31.2 Å². The summed E-state index contributed by atoms with van der Waals surface area (Å²) in [6.45, 7) is 1.91. The minimum absolute atomic E-state index is 0.639. The highest BCUT2D eigenvalue weighted by molar-refractivity contribution is 7.99. The molecular weight excluding hydrogens is 240 g/mol. The van der Waals surface area contributed by atoms with Gasteiger partial charge in [0.05, 0.1) is 0 Å². The molecular formula is C15H24N2S. The molecule has 0 aliphatic carbocycles. The summed E-state index contributed by atoms with van der Waals surface area (Å²) in [5.41, 5.74) is 6.90. The van der Waals surface area contributed by atoms with Crippen molar-refractivity contribution < 1.29 is 0 Å². The van der Waals surface area contributed by atoms with Crippen molar-refractivity contribution in [1.82, 2.24) is 4.90 Å². The Morgan fingerprint density at radius 1 is 1.39 bits per heavy atom. The van der Waals surface area contributed by atoms with Crippen LogP contribution in [0, 0.1) is 0 Å². The van der Waals surface area contributed by atoms with Gasteiger partial charge < -0.3 is 10.6 Å². The highest BCUT2D eigenvalue weighted by Gasteiger charge is 2.18. The van der Waals surface area contributed by atoms with Gasteiger partial charge in [0.25, 0.3) is 0 Å². The van der Waals surface area contributed by atoms with E-state index in [1.54, 1.807) is 0 Å². The van der Waals surface area contributed by atoms with E-state index >= 15 is 0 Å². The molecule has 0 saturated carbocycles. The van der Waals surface area contributed by atoms with Gasteiger partial charge in [0.15, 0.2) is 0 Å². The summed E-state index contributed by atoms with van der Waals surface area (Å²) in [4.78, 5) is 3.89. The molecule has 0 radical (unpaired) electrons. The summed E-state index contributed by atoms with van der Waals surface area (Å²) in [6, 6.07) is 9.41. The first-order chi connectivity index (χ1) is 8.79. The van der Waals surface area contributed by atoms with Crippen LogP contribution in [-0.4, -0.2) is 30.3 Å². The largest absolute Gasteiger partial charge is 0.326 e. The number of rotatable bonds is 5. The van der Waals surface area contributed by atoms with E-state index in [0.29, 0.717) is 6.54 Å². The molecule has 0 aromatic heterocycles. The summed E-state index contributed by atoms with van der Waals surface area (Å²) in [5, 5.41) is 0. The van der Waals surface area contributed by atoms with Gasteiger partial charge in [0.2, 0.25) is 0 Å². The highest BCUT2D eigenvalue weighted by atomic mass is 32.2. The van der Waals surface area contributed by atoms with E-state index in [2.05, 4.69) is 36.2 Å². The number of hydrogen-bond donors (Lipinski definition) is 1. The molecule has 2 N–H and O–H groups in total. The van der Waals surface area contributed by atoms with Gasteiger partial charge in [-0.05, 0) is 56.3 Å². The molecule has 0 amide bonds. The van der Waals surface area contributed by atoms with Crippen molar-refractivity contribution in [3.63, 3.8) is 0 Å². The van der Waals surface area contributed by atoms with Crippen molar-refractivity contribution in [2.75, 3.05) is 19.3 Å². The molecule has 1 fully saturated rings. The summed E-state index contributed by atoms with van der Waals surface area (Å²) >= 11 is 1.96. The topological polar surface area (TPSA) is 29.3 Å². The Morgan fingerprint density at radius 2 is 2.28 bits per heavy atom. The smallest absolute Gasteiger partial charge is 0.0178 e. The van der Waals surface area contributed by atoms with E-state index in [-0.39, 0.29) is 0 Å². The molecule has 3 heteroatoms. The van der Waals surface area contributed by atoms with Gasteiger partial charge in [-0.15, -0.1) is 11.8 Å². The molecule has 2 nitrogen and oxygen atoms in total. The molecule has 0 bridgehead atoms. The van der Waals surface area contributed by atoms with Crippen LogP contribution in [0.5, 0.6) is 0 Å². The SMILES string of the molecule is CN1CCCCC1CCSc1cccc(CN)c1. The third-order valence-electron chi connectivity index (χ3n) is 3.78. The third-order valence-corrected chi connectivity index (χ3v) is 4.80. The average molecular weight is 264 g/mol. The minimum Gasteiger partial charge on any atom is -0.326 e. The maximum Gasteiger partial charge on any atom is 0.0178 e. The lowest BCUT2D eigenvalue weighted by atomic mass is 10.0. The minimum atomic E-state index is 0.639. The Hall–Kier alpha value is -0.510. The van der Waals surface area contributed by atoms with Crippen molar-refractivity contribution in [3.05, 3.63) is 29.8 Å². The molecule has 1 atom stereocenters. The van der Waals surface area contributed by atoms with Crippen molar-refractivity contribution >= 4 is 11.8 Å². The molecule has 0 spiro atoms. The van der Waals surface area contributed by atoms with Gasteiger partial charge in [-0.1, -0.05) is 18.6 Å². The lowest BCUT2D eigenvalue weighted by molar-refractivity contribution is 0.182. The standard InChI is InChI=1S/C15H24N2S/c1-17-9-3-2-6-14(17)8-10-18-15-7-4-5-13(11-15)12-16/h4-5,7,11,14H,2-3,6,8-10,12,16H2,1H3. The first-order valence-corrected chi connectivity index (χ1v) is 7.90. The van der Waals surface area contributed by atoms with Crippen LogP contribution in [0.15, 0.2) is 29.2 Å². The van der Waals surface area contributed by atoms with Crippen LogP contribution < -0.4 is 5.73 Å². The fourth-order valence-electron chi connectivity index (χ4n) is 2.58. The first-order valence-electron chi connectivity index (χ1n) is 6.91. The van der Waals surface area contributed by atoms with E-state index in [4.69, 9.17) is 5.73 Å². The molecule has 1 saturated heterocycles. The number of nitrogens with two attached hydrogens (primary N) is 1. The van der Waals surface area contributed by atoms with Crippen LogP contribution >= 0.6 is 11.8 Å². The fraction of sp³-hybridized carbons (Fsp3) is 0.600. The number of hydrogen-bond acceptors (Lipinski definition) is 3. The average Bonchev–Trinajstić information content (AvgIpc) is 2.41. The van der Waals surface area contributed by atoms with Gasteiger partial charge >= 0.3 is 0 Å². The highest BCUT2D eigenvalue weighted by Crippen LogP contribution is 2.24. The summed E-state index contributed by atoms with van der Waals surface area (Å²) in [7, 11) is 2.27. The molecule has 1 aromatic carbocycles. The molecule has 1 aliphatic heterocycles. The summed E-state index contributed by atoms with van der Waals surface area (Å²) in [5.74, 6) is 1.21. The van der Waals surface area contributed by atoms with Gasteiger partial charge in [-0.3, -0.25) is 0 Å². The van der Waals surface area contributed by atoms with E-state index in [1.165, 1.54) is 48.4 Å². The summed E-state index contributed by atoms with van der Waals surface area (Å²) in [6.07, 6.45) is 5.45. The van der Waals surface area contributed by atoms with Crippen molar-refractivity contribution in [1.29, 1.82) is 0 Å². The zero-order chi connectivity index (χ0) is 12.8. The van der Waals surface area contributed by atoms with Gasteiger partial charge in [0.1, 0.15) is 0 Å². The molecule has 18 heavy (non-hydrogen) atoms. The zero-order valence-corrected chi connectivity index (χ0v) is 12.1. The Morgan fingerprint density at radius 3 is 3.06 bits per heavy atom.